The molecule has 2 unspecified atom stereocenters. The molecule has 108 valence electrons. The zero-order valence-corrected chi connectivity index (χ0v) is 13.2. The number of rotatable bonds is 7. The zero-order chi connectivity index (χ0) is 14.5. The molecule has 1 rings (SSSR count). The van der Waals surface area contributed by atoms with E-state index in [-0.39, 0.29) is 10.9 Å². The average Bonchev–Trinajstić information content (AvgIpc) is 2.38. The highest BCUT2D eigenvalue weighted by Crippen LogP contribution is 2.16. The van der Waals surface area contributed by atoms with Crippen LogP contribution in [0, 0.1) is 0 Å². The number of hydrogen-bond donors (Lipinski definition) is 2. The predicted molar refractivity (Wildman–Crippen MR) is 81.8 cm³/mol. The maximum Gasteiger partial charge on any atom is 0.240 e. The van der Waals surface area contributed by atoms with Gasteiger partial charge in [-0.15, -0.1) is 0 Å². The Bertz CT molecular complexity index is 501. The highest BCUT2D eigenvalue weighted by Gasteiger charge is 2.15. The minimum absolute atomic E-state index is 0.174. The van der Waals surface area contributed by atoms with Gasteiger partial charge < -0.3 is 5.73 Å². The summed E-state index contributed by atoms with van der Waals surface area (Å²) < 4.78 is 26.9. The van der Waals surface area contributed by atoms with Gasteiger partial charge >= 0.3 is 0 Å². The summed E-state index contributed by atoms with van der Waals surface area (Å²) in [5.74, 6) is 0. The largest absolute Gasteiger partial charge is 0.324 e. The third kappa shape index (κ3) is 5.14. The van der Waals surface area contributed by atoms with Crippen molar-refractivity contribution in [1.29, 1.82) is 0 Å². The van der Waals surface area contributed by atoms with E-state index in [0.717, 1.165) is 12.0 Å². The van der Waals surface area contributed by atoms with Crippen LogP contribution in [0.4, 0.5) is 0 Å². The van der Waals surface area contributed by atoms with E-state index in [1.165, 1.54) is 0 Å². The Morgan fingerprint density at radius 2 is 2.05 bits per heavy atom. The van der Waals surface area contributed by atoms with Gasteiger partial charge in [0.05, 0.1) is 4.90 Å². The lowest BCUT2D eigenvalue weighted by atomic mass is 10.1. The first-order valence-corrected chi connectivity index (χ1v) is 9.02. The predicted octanol–water partition coefficient (Wildman–Crippen LogP) is 2.13. The first-order chi connectivity index (χ1) is 8.86. The molecule has 4 nitrogen and oxygen atoms in total. The van der Waals surface area contributed by atoms with Crippen LogP contribution in [0.2, 0.25) is 0 Å². The second-order valence-electron chi connectivity index (χ2n) is 4.59. The maximum atomic E-state index is 12.1. The van der Waals surface area contributed by atoms with Gasteiger partial charge in [0.15, 0.2) is 0 Å². The smallest absolute Gasteiger partial charge is 0.240 e. The third-order valence-electron chi connectivity index (χ3n) is 2.94. The highest BCUT2D eigenvalue weighted by atomic mass is 32.2. The molecule has 1 aromatic rings. The van der Waals surface area contributed by atoms with E-state index in [9.17, 15) is 8.42 Å². The standard InChI is InChI=1S/C13H22N2O2S2/c1-10(18-3)7-8-15-19(16,17)13-6-4-5-12(9-13)11(2)14/h4-6,9-11,15H,7-8,14H2,1-3H3. The highest BCUT2D eigenvalue weighted by molar-refractivity contribution is 7.99. The number of thioether (sulfide) groups is 1. The molecule has 0 aliphatic carbocycles. The van der Waals surface area contributed by atoms with Gasteiger partial charge in [-0.2, -0.15) is 11.8 Å². The lowest BCUT2D eigenvalue weighted by Crippen LogP contribution is -2.26. The van der Waals surface area contributed by atoms with Crippen molar-refractivity contribution >= 4 is 21.8 Å². The van der Waals surface area contributed by atoms with Crippen LogP contribution in [0.25, 0.3) is 0 Å². The Hall–Kier alpha value is -0.560. The van der Waals surface area contributed by atoms with Crippen LogP contribution < -0.4 is 10.5 Å². The van der Waals surface area contributed by atoms with Crippen molar-refractivity contribution in [1.82, 2.24) is 4.72 Å². The lowest BCUT2D eigenvalue weighted by molar-refractivity contribution is 0.578. The molecule has 0 aliphatic heterocycles. The Balaban J connectivity index is 2.74. The second kappa shape index (κ2) is 7.28. The number of nitrogens with two attached hydrogens (primary N) is 1. The monoisotopic (exact) mass is 302 g/mol. The van der Waals surface area contributed by atoms with E-state index in [0.29, 0.717) is 11.8 Å². The van der Waals surface area contributed by atoms with E-state index in [4.69, 9.17) is 5.73 Å². The van der Waals surface area contributed by atoms with Gasteiger partial charge in [0.1, 0.15) is 0 Å². The molecule has 6 heteroatoms. The van der Waals surface area contributed by atoms with Crippen molar-refractivity contribution in [3.8, 4) is 0 Å². The van der Waals surface area contributed by atoms with Gasteiger partial charge in [-0.25, -0.2) is 13.1 Å². The molecule has 19 heavy (non-hydrogen) atoms. The fraction of sp³-hybridized carbons (Fsp3) is 0.538. The number of hydrogen-bond acceptors (Lipinski definition) is 4. The van der Waals surface area contributed by atoms with Crippen molar-refractivity contribution < 1.29 is 8.42 Å². The zero-order valence-electron chi connectivity index (χ0n) is 11.6. The molecule has 2 atom stereocenters. The molecule has 3 N–H and O–H groups in total. The Morgan fingerprint density at radius 3 is 2.63 bits per heavy atom. The molecule has 0 aromatic heterocycles. The molecule has 0 fully saturated rings. The summed E-state index contributed by atoms with van der Waals surface area (Å²) in [5, 5.41) is 0.443. The molecule has 0 radical (unpaired) electrons. The third-order valence-corrected chi connectivity index (χ3v) is 5.44. The normalized spacial score (nSPS) is 15.2. The van der Waals surface area contributed by atoms with Crippen LogP contribution in [-0.2, 0) is 10.0 Å². The van der Waals surface area contributed by atoms with E-state index in [2.05, 4.69) is 11.6 Å². The lowest BCUT2D eigenvalue weighted by Gasteiger charge is -2.11. The number of nitrogens with one attached hydrogen (secondary N) is 1. The van der Waals surface area contributed by atoms with Crippen molar-refractivity contribution in [2.45, 2.75) is 36.5 Å². The Morgan fingerprint density at radius 1 is 1.37 bits per heavy atom. The molecule has 0 saturated heterocycles. The van der Waals surface area contributed by atoms with Crippen molar-refractivity contribution in [2.75, 3.05) is 12.8 Å². The van der Waals surface area contributed by atoms with Crippen LogP contribution in [0.5, 0.6) is 0 Å². The SMILES string of the molecule is CSC(C)CCNS(=O)(=O)c1cccc(C(C)N)c1. The Labute approximate surface area is 120 Å². The summed E-state index contributed by atoms with van der Waals surface area (Å²) in [6.45, 7) is 4.36. The van der Waals surface area contributed by atoms with Gasteiger partial charge in [0.25, 0.3) is 0 Å². The molecule has 1 aromatic carbocycles. The van der Waals surface area contributed by atoms with E-state index in [1.54, 1.807) is 30.0 Å². The first kappa shape index (κ1) is 16.5. The minimum atomic E-state index is -3.44. The van der Waals surface area contributed by atoms with Crippen molar-refractivity contribution in [2.24, 2.45) is 5.73 Å². The van der Waals surface area contributed by atoms with Gasteiger partial charge in [-0.3, -0.25) is 0 Å². The molecule has 0 heterocycles. The van der Waals surface area contributed by atoms with E-state index >= 15 is 0 Å². The van der Waals surface area contributed by atoms with Crippen LogP contribution in [0.3, 0.4) is 0 Å². The van der Waals surface area contributed by atoms with Gasteiger partial charge in [0, 0.05) is 17.8 Å². The second-order valence-corrected chi connectivity index (χ2v) is 7.64. The summed E-state index contributed by atoms with van der Waals surface area (Å²) in [4.78, 5) is 0.277. The number of benzene rings is 1. The van der Waals surface area contributed by atoms with E-state index in [1.807, 2.05) is 19.2 Å². The van der Waals surface area contributed by atoms with Crippen LogP contribution >= 0.6 is 11.8 Å². The van der Waals surface area contributed by atoms with Crippen LogP contribution in [0.15, 0.2) is 29.2 Å². The van der Waals surface area contributed by atoms with Gasteiger partial charge in [-0.1, -0.05) is 19.1 Å². The van der Waals surface area contributed by atoms with E-state index < -0.39 is 10.0 Å². The molecule has 0 spiro atoms. The summed E-state index contributed by atoms with van der Waals surface area (Å²) in [7, 11) is -3.44. The summed E-state index contributed by atoms with van der Waals surface area (Å²) >= 11 is 1.73. The number of sulfonamides is 1. The summed E-state index contributed by atoms with van der Waals surface area (Å²) in [5.41, 5.74) is 6.59. The van der Waals surface area contributed by atoms with Crippen molar-refractivity contribution in [3.05, 3.63) is 29.8 Å². The first-order valence-electron chi connectivity index (χ1n) is 6.25. The fourth-order valence-electron chi connectivity index (χ4n) is 1.56. The topological polar surface area (TPSA) is 72.2 Å². The fourth-order valence-corrected chi connectivity index (χ4v) is 3.02. The molecule has 0 amide bonds. The average molecular weight is 302 g/mol. The van der Waals surface area contributed by atoms with Crippen LogP contribution in [-0.4, -0.2) is 26.5 Å². The Kier molecular flexibility index (Phi) is 6.32. The minimum Gasteiger partial charge on any atom is -0.324 e. The molecule has 0 saturated carbocycles. The molecule has 0 aliphatic rings. The van der Waals surface area contributed by atoms with Crippen LogP contribution in [0.1, 0.15) is 31.9 Å². The summed E-state index contributed by atoms with van der Waals surface area (Å²) in [6, 6.07) is 6.60. The van der Waals surface area contributed by atoms with Crippen molar-refractivity contribution in [3.63, 3.8) is 0 Å². The molecular formula is C13H22N2O2S2. The summed E-state index contributed by atoms with van der Waals surface area (Å²) in [6.07, 6.45) is 2.83. The van der Waals surface area contributed by atoms with Gasteiger partial charge in [0.2, 0.25) is 10.0 Å². The van der Waals surface area contributed by atoms with Gasteiger partial charge in [-0.05, 0) is 37.3 Å². The maximum absolute atomic E-state index is 12.1. The molecular weight excluding hydrogens is 280 g/mol. The molecule has 0 bridgehead atoms. The quantitative estimate of drug-likeness (QED) is 0.809.